The third-order valence-electron chi connectivity index (χ3n) is 1.75. The maximum absolute atomic E-state index is 5.11. The Labute approximate surface area is 72.8 Å². The number of hydrogen-bond donors (Lipinski definition) is 0. The number of ether oxygens (including phenoxy) is 1. The highest BCUT2D eigenvalue weighted by Crippen LogP contribution is 2.14. The lowest BCUT2D eigenvalue weighted by molar-refractivity contribution is 0.404. The summed E-state index contributed by atoms with van der Waals surface area (Å²) in [6.07, 6.45) is 3.50. The summed E-state index contributed by atoms with van der Waals surface area (Å²) >= 11 is 0. The summed E-state index contributed by atoms with van der Waals surface area (Å²) in [6, 6.07) is 0. The highest BCUT2D eigenvalue weighted by atomic mass is 16.5. The molecule has 0 N–H and O–H groups in total. The van der Waals surface area contributed by atoms with Gasteiger partial charge in [0, 0.05) is 6.42 Å². The lowest BCUT2D eigenvalue weighted by atomic mass is 10.3. The highest BCUT2D eigenvalue weighted by Gasteiger charge is 2.03. The zero-order chi connectivity index (χ0) is 8.97. The van der Waals surface area contributed by atoms with Crippen LogP contribution >= 0.6 is 0 Å². The van der Waals surface area contributed by atoms with Gasteiger partial charge in [0.15, 0.2) is 5.75 Å². The van der Waals surface area contributed by atoms with Gasteiger partial charge in [-0.25, -0.2) is 9.97 Å². The van der Waals surface area contributed by atoms with Gasteiger partial charge >= 0.3 is 0 Å². The molecule has 0 fully saturated rings. The molecular weight excluding hydrogens is 152 g/mol. The average Bonchev–Trinajstić information content (AvgIpc) is 2.16. The van der Waals surface area contributed by atoms with Crippen LogP contribution in [0.25, 0.3) is 0 Å². The Hall–Kier alpha value is -1.12. The smallest absolute Gasteiger partial charge is 0.158 e. The van der Waals surface area contributed by atoms with Gasteiger partial charge in [-0.15, -0.1) is 0 Å². The van der Waals surface area contributed by atoms with Crippen LogP contribution in [-0.2, 0) is 12.8 Å². The largest absolute Gasteiger partial charge is 0.493 e. The summed E-state index contributed by atoms with van der Waals surface area (Å²) in [6.45, 7) is 4.10. The Balaban J connectivity index is 3.02. The predicted molar refractivity (Wildman–Crippen MR) is 47.3 cm³/mol. The van der Waals surface area contributed by atoms with Crippen molar-refractivity contribution >= 4 is 0 Å². The lowest BCUT2D eigenvalue weighted by Gasteiger charge is -2.05. The number of nitrogens with zero attached hydrogens (tertiary/aromatic N) is 2. The Morgan fingerprint density at radius 3 is 2.58 bits per heavy atom. The predicted octanol–water partition coefficient (Wildman–Crippen LogP) is 1.61. The molecule has 66 valence electrons. The first kappa shape index (κ1) is 8.97. The molecule has 0 aliphatic rings. The molecule has 3 nitrogen and oxygen atoms in total. The maximum Gasteiger partial charge on any atom is 0.158 e. The van der Waals surface area contributed by atoms with Crippen LogP contribution < -0.4 is 4.74 Å². The van der Waals surface area contributed by atoms with E-state index in [-0.39, 0.29) is 0 Å². The van der Waals surface area contributed by atoms with Crippen molar-refractivity contribution in [2.75, 3.05) is 7.11 Å². The number of methoxy groups -OCH3 is 1. The summed E-state index contributed by atoms with van der Waals surface area (Å²) < 4.78 is 5.11. The normalized spacial score (nSPS) is 9.92. The monoisotopic (exact) mass is 166 g/mol. The van der Waals surface area contributed by atoms with Crippen molar-refractivity contribution in [1.29, 1.82) is 0 Å². The van der Waals surface area contributed by atoms with Crippen molar-refractivity contribution in [3.63, 3.8) is 0 Å². The van der Waals surface area contributed by atoms with Gasteiger partial charge in [-0.3, -0.25) is 0 Å². The van der Waals surface area contributed by atoms with E-state index in [0.29, 0.717) is 0 Å². The molecule has 12 heavy (non-hydrogen) atoms. The molecule has 1 aromatic rings. The van der Waals surface area contributed by atoms with Crippen molar-refractivity contribution < 1.29 is 4.74 Å². The minimum absolute atomic E-state index is 0.787. The molecule has 3 heteroatoms. The second-order valence-electron chi connectivity index (χ2n) is 2.51. The van der Waals surface area contributed by atoms with E-state index in [1.807, 2.05) is 6.92 Å². The minimum Gasteiger partial charge on any atom is -0.493 e. The molecule has 0 aromatic carbocycles. The molecule has 0 spiro atoms. The van der Waals surface area contributed by atoms with Crippen LogP contribution in [0, 0.1) is 0 Å². The summed E-state index contributed by atoms with van der Waals surface area (Å²) in [5.41, 5.74) is 0.990. The van der Waals surface area contributed by atoms with Gasteiger partial charge in [0.25, 0.3) is 0 Å². The van der Waals surface area contributed by atoms with Gasteiger partial charge in [0.05, 0.1) is 19.0 Å². The Bertz CT molecular complexity index is 261. The number of aromatic nitrogens is 2. The zero-order valence-corrected chi connectivity index (χ0v) is 7.79. The lowest BCUT2D eigenvalue weighted by Crippen LogP contribution is -2.00. The molecule has 1 aromatic heterocycles. The molecule has 0 amide bonds. The first-order valence-electron chi connectivity index (χ1n) is 4.20. The van der Waals surface area contributed by atoms with Crippen LogP contribution in [0.1, 0.15) is 25.4 Å². The van der Waals surface area contributed by atoms with E-state index >= 15 is 0 Å². The third kappa shape index (κ3) is 1.72. The summed E-state index contributed by atoms with van der Waals surface area (Å²) in [5, 5.41) is 0. The molecule has 0 aliphatic heterocycles. The van der Waals surface area contributed by atoms with Gasteiger partial charge in [-0.05, 0) is 6.42 Å². The van der Waals surface area contributed by atoms with E-state index < -0.39 is 0 Å². The molecule has 0 saturated heterocycles. The van der Waals surface area contributed by atoms with E-state index in [9.17, 15) is 0 Å². The number of rotatable bonds is 3. The van der Waals surface area contributed by atoms with Crippen molar-refractivity contribution in [2.45, 2.75) is 26.7 Å². The van der Waals surface area contributed by atoms with E-state index in [1.54, 1.807) is 13.3 Å². The summed E-state index contributed by atoms with van der Waals surface area (Å²) in [7, 11) is 1.64. The van der Waals surface area contributed by atoms with Gasteiger partial charge in [-0.2, -0.15) is 0 Å². The fraction of sp³-hybridized carbons (Fsp3) is 0.556. The van der Waals surface area contributed by atoms with Crippen molar-refractivity contribution in [2.24, 2.45) is 0 Å². The van der Waals surface area contributed by atoms with E-state index in [4.69, 9.17) is 4.74 Å². The molecule has 0 atom stereocenters. The molecule has 0 bridgehead atoms. The highest BCUT2D eigenvalue weighted by molar-refractivity contribution is 5.24. The molecule has 1 rings (SSSR count). The molecule has 1 heterocycles. The number of hydrogen-bond acceptors (Lipinski definition) is 3. The second kappa shape index (κ2) is 4.04. The third-order valence-corrected chi connectivity index (χ3v) is 1.75. The number of aryl methyl sites for hydroxylation is 2. The van der Waals surface area contributed by atoms with Crippen LogP contribution in [0.5, 0.6) is 5.75 Å². The molecule has 0 saturated carbocycles. The standard InChI is InChI=1S/C9H14N2O/c1-4-7-8(12-3)6-10-9(5-2)11-7/h6H,4-5H2,1-3H3. The molecule has 0 radical (unpaired) electrons. The van der Waals surface area contributed by atoms with Crippen LogP contribution in [0.4, 0.5) is 0 Å². The summed E-state index contributed by atoms with van der Waals surface area (Å²) in [4.78, 5) is 8.48. The topological polar surface area (TPSA) is 35.0 Å². The Kier molecular flexibility index (Phi) is 3.02. The molecule has 0 aliphatic carbocycles. The fourth-order valence-corrected chi connectivity index (χ4v) is 1.04. The van der Waals surface area contributed by atoms with E-state index in [2.05, 4.69) is 16.9 Å². The Morgan fingerprint density at radius 1 is 1.33 bits per heavy atom. The fourth-order valence-electron chi connectivity index (χ4n) is 1.04. The second-order valence-corrected chi connectivity index (χ2v) is 2.51. The van der Waals surface area contributed by atoms with E-state index in [1.165, 1.54) is 0 Å². The van der Waals surface area contributed by atoms with E-state index in [0.717, 1.165) is 30.1 Å². The summed E-state index contributed by atoms with van der Waals surface area (Å²) in [5.74, 6) is 1.67. The van der Waals surface area contributed by atoms with Crippen molar-refractivity contribution in [3.05, 3.63) is 17.7 Å². The quantitative estimate of drug-likeness (QED) is 0.684. The average molecular weight is 166 g/mol. The van der Waals surface area contributed by atoms with Gasteiger partial charge < -0.3 is 4.74 Å². The van der Waals surface area contributed by atoms with Crippen LogP contribution in [0.2, 0.25) is 0 Å². The molecular formula is C9H14N2O. The first-order chi connectivity index (χ1) is 5.81. The van der Waals surface area contributed by atoms with Gasteiger partial charge in [-0.1, -0.05) is 13.8 Å². The van der Waals surface area contributed by atoms with Crippen LogP contribution in [0.15, 0.2) is 6.20 Å². The first-order valence-corrected chi connectivity index (χ1v) is 4.20. The molecule has 0 unspecified atom stereocenters. The van der Waals surface area contributed by atoms with Gasteiger partial charge in [0.2, 0.25) is 0 Å². The van der Waals surface area contributed by atoms with Gasteiger partial charge in [0.1, 0.15) is 5.82 Å². The van der Waals surface area contributed by atoms with Crippen molar-refractivity contribution in [1.82, 2.24) is 9.97 Å². The SMILES string of the molecule is CCc1ncc(OC)c(CC)n1. The minimum atomic E-state index is 0.787. The Morgan fingerprint density at radius 2 is 2.08 bits per heavy atom. The zero-order valence-electron chi connectivity index (χ0n) is 7.79. The maximum atomic E-state index is 5.11. The van der Waals surface area contributed by atoms with Crippen LogP contribution in [-0.4, -0.2) is 17.1 Å². The van der Waals surface area contributed by atoms with Crippen LogP contribution in [0.3, 0.4) is 0 Å². The van der Waals surface area contributed by atoms with Crippen molar-refractivity contribution in [3.8, 4) is 5.75 Å².